The Bertz CT molecular complexity index is 438. The number of carbonyl (C=O) groups excluding carboxylic acids is 1. The van der Waals surface area contributed by atoms with Crippen molar-refractivity contribution in [1.29, 1.82) is 0 Å². The summed E-state index contributed by atoms with van der Waals surface area (Å²) < 4.78 is 41.5. The Balaban J connectivity index is 2.15. The van der Waals surface area contributed by atoms with E-state index in [9.17, 15) is 18.0 Å². The molecule has 0 amide bonds. The van der Waals surface area contributed by atoms with Crippen LogP contribution in [0.5, 0.6) is 0 Å². The van der Waals surface area contributed by atoms with Gasteiger partial charge in [-0.15, -0.1) is 0 Å². The fraction of sp³-hybridized carbons (Fsp3) is 0.417. The van der Waals surface area contributed by atoms with Crippen molar-refractivity contribution >= 4 is 5.78 Å². The minimum atomic E-state index is -4.75. The molecule has 0 bridgehead atoms. The van der Waals surface area contributed by atoms with Crippen LogP contribution in [0.1, 0.15) is 16.7 Å². The zero-order chi connectivity index (χ0) is 12.5. The molecule has 1 aromatic carbocycles. The Morgan fingerprint density at radius 1 is 1.29 bits per heavy atom. The molecule has 0 saturated heterocycles. The van der Waals surface area contributed by atoms with Crippen molar-refractivity contribution < 1.29 is 22.7 Å². The van der Waals surface area contributed by atoms with Crippen molar-refractivity contribution in [3.8, 4) is 0 Å². The van der Waals surface area contributed by atoms with E-state index in [2.05, 4.69) is 0 Å². The zero-order valence-electron chi connectivity index (χ0n) is 9.01. The topological polar surface area (TPSA) is 26.3 Å². The van der Waals surface area contributed by atoms with Crippen LogP contribution in [0.25, 0.3) is 0 Å². The summed E-state index contributed by atoms with van der Waals surface area (Å²) in [6.45, 7) is 1.06. The highest BCUT2D eigenvalue weighted by Gasteiger charge is 2.37. The quantitative estimate of drug-likeness (QED) is 0.798. The first-order valence-corrected chi connectivity index (χ1v) is 5.25. The van der Waals surface area contributed by atoms with Gasteiger partial charge in [0.05, 0.1) is 13.2 Å². The average Bonchev–Trinajstić information content (AvgIpc) is 2.27. The van der Waals surface area contributed by atoms with Crippen LogP contribution in [0.4, 0.5) is 13.2 Å². The fourth-order valence-electron chi connectivity index (χ4n) is 1.81. The van der Waals surface area contributed by atoms with Gasteiger partial charge < -0.3 is 4.74 Å². The maximum absolute atomic E-state index is 12.1. The van der Waals surface area contributed by atoms with E-state index in [-0.39, 0.29) is 0 Å². The van der Waals surface area contributed by atoms with E-state index in [1.807, 2.05) is 0 Å². The number of rotatable bonds is 2. The molecule has 0 saturated carbocycles. The van der Waals surface area contributed by atoms with Gasteiger partial charge in [0.1, 0.15) is 0 Å². The molecule has 0 aromatic heterocycles. The second kappa shape index (κ2) is 4.49. The summed E-state index contributed by atoms with van der Waals surface area (Å²) in [6, 6.07) is 4.95. The summed E-state index contributed by atoms with van der Waals surface area (Å²) in [5.41, 5.74) is 2.37. The van der Waals surface area contributed by atoms with Crippen molar-refractivity contribution in [1.82, 2.24) is 0 Å². The Morgan fingerprint density at radius 3 is 2.76 bits per heavy atom. The van der Waals surface area contributed by atoms with Crippen LogP contribution in [0, 0.1) is 0 Å². The van der Waals surface area contributed by atoms with Gasteiger partial charge in [0.2, 0.25) is 5.78 Å². The van der Waals surface area contributed by atoms with Crippen molar-refractivity contribution in [2.45, 2.75) is 25.6 Å². The second-order valence-electron chi connectivity index (χ2n) is 4.00. The normalized spacial score (nSPS) is 15.5. The first-order chi connectivity index (χ1) is 7.97. The predicted molar refractivity (Wildman–Crippen MR) is 54.6 cm³/mol. The van der Waals surface area contributed by atoms with Gasteiger partial charge in [-0.2, -0.15) is 13.2 Å². The molecule has 92 valence electrons. The van der Waals surface area contributed by atoms with Crippen LogP contribution in [0.3, 0.4) is 0 Å². The van der Waals surface area contributed by atoms with Gasteiger partial charge in [0.15, 0.2) is 0 Å². The SMILES string of the molecule is O=C(Cc1ccc2c(c1)CCOC2)C(F)(F)F. The lowest BCUT2D eigenvalue weighted by Crippen LogP contribution is -2.24. The third-order valence-corrected chi connectivity index (χ3v) is 2.72. The first-order valence-electron chi connectivity index (χ1n) is 5.25. The van der Waals surface area contributed by atoms with Gasteiger partial charge >= 0.3 is 6.18 Å². The highest BCUT2D eigenvalue weighted by Crippen LogP contribution is 2.22. The van der Waals surface area contributed by atoms with Gasteiger partial charge in [-0.05, 0) is 23.1 Å². The number of alkyl halides is 3. The maximum atomic E-state index is 12.1. The molecule has 5 heteroatoms. The van der Waals surface area contributed by atoms with Gasteiger partial charge in [-0.1, -0.05) is 18.2 Å². The monoisotopic (exact) mass is 244 g/mol. The van der Waals surface area contributed by atoms with Gasteiger partial charge in [0, 0.05) is 6.42 Å². The van der Waals surface area contributed by atoms with Gasteiger partial charge in [-0.25, -0.2) is 0 Å². The van der Waals surface area contributed by atoms with Crippen molar-refractivity contribution in [3.05, 3.63) is 34.9 Å². The number of halogens is 3. The lowest BCUT2D eigenvalue weighted by Gasteiger charge is -2.17. The maximum Gasteiger partial charge on any atom is 0.450 e. The van der Waals surface area contributed by atoms with E-state index < -0.39 is 18.4 Å². The molecule has 0 radical (unpaired) electrons. The van der Waals surface area contributed by atoms with E-state index >= 15 is 0 Å². The lowest BCUT2D eigenvalue weighted by molar-refractivity contribution is -0.170. The van der Waals surface area contributed by atoms with Crippen LogP contribution >= 0.6 is 0 Å². The molecule has 0 N–H and O–H groups in total. The molecular formula is C12H11F3O2. The van der Waals surface area contributed by atoms with Gasteiger partial charge in [0.25, 0.3) is 0 Å². The highest BCUT2D eigenvalue weighted by molar-refractivity contribution is 5.86. The minimum absolute atomic E-state index is 0.410. The number of Topliss-reactive ketones (excluding diaryl/α,β-unsaturated/α-hetero) is 1. The summed E-state index contributed by atoms with van der Waals surface area (Å²) in [5.74, 6) is -1.70. The summed E-state index contributed by atoms with van der Waals surface area (Å²) >= 11 is 0. The molecule has 17 heavy (non-hydrogen) atoms. The second-order valence-corrected chi connectivity index (χ2v) is 4.00. The van der Waals surface area contributed by atoms with Crippen molar-refractivity contribution in [2.24, 2.45) is 0 Å². The third-order valence-electron chi connectivity index (χ3n) is 2.72. The molecule has 1 heterocycles. The fourth-order valence-corrected chi connectivity index (χ4v) is 1.81. The Labute approximate surface area is 96.4 Å². The highest BCUT2D eigenvalue weighted by atomic mass is 19.4. The molecular weight excluding hydrogens is 233 g/mol. The number of ketones is 1. The molecule has 1 aliphatic heterocycles. The van der Waals surface area contributed by atoms with Crippen LogP contribution in [0.2, 0.25) is 0 Å². The smallest absolute Gasteiger partial charge is 0.376 e. The number of benzene rings is 1. The van der Waals surface area contributed by atoms with E-state index in [1.54, 1.807) is 18.2 Å². The number of fused-ring (bicyclic) bond motifs is 1. The van der Waals surface area contributed by atoms with Crippen LogP contribution in [0.15, 0.2) is 18.2 Å². The summed E-state index contributed by atoms with van der Waals surface area (Å²) in [4.78, 5) is 10.9. The minimum Gasteiger partial charge on any atom is -0.376 e. The molecule has 0 unspecified atom stereocenters. The third kappa shape index (κ3) is 2.85. The molecule has 1 aromatic rings. The molecule has 1 aliphatic rings. The molecule has 0 fully saturated rings. The molecule has 2 rings (SSSR count). The largest absolute Gasteiger partial charge is 0.450 e. The number of carbonyl (C=O) groups is 1. The van der Waals surface area contributed by atoms with E-state index in [1.165, 1.54) is 0 Å². The Kier molecular flexibility index (Phi) is 3.19. The number of ether oxygens (including phenoxy) is 1. The standard InChI is InChI=1S/C12H11F3O2/c13-12(14,15)11(16)6-8-1-2-10-7-17-4-3-9(10)5-8/h1-2,5H,3-4,6-7H2. The number of hydrogen-bond donors (Lipinski definition) is 0. The van der Waals surface area contributed by atoms with E-state index in [0.717, 1.165) is 11.1 Å². The summed E-state index contributed by atoms with van der Waals surface area (Å²) in [5, 5.41) is 0. The lowest BCUT2D eigenvalue weighted by atomic mass is 9.98. The van der Waals surface area contributed by atoms with Crippen LogP contribution < -0.4 is 0 Å². The Hall–Kier alpha value is -1.36. The zero-order valence-corrected chi connectivity index (χ0v) is 9.01. The van der Waals surface area contributed by atoms with E-state index in [0.29, 0.717) is 25.2 Å². The summed E-state index contributed by atoms with van der Waals surface area (Å²) in [6.07, 6.45) is -4.65. The predicted octanol–water partition coefficient (Wildman–Crippen LogP) is 2.43. The number of hydrogen-bond acceptors (Lipinski definition) is 2. The molecule has 2 nitrogen and oxygen atoms in total. The van der Waals surface area contributed by atoms with E-state index in [4.69, 9.17) is 4.74 Å². The molecule has 0 aliphatic carbocycles. The molecule has 0 spiro atoms. The van der Waals surface area contributed by atoms with Crippen molar-refractivity contribution in [3.63, 3.8) is 0 Å². The first kappa shape index (κ1) is 12.1. The van der Waals surface area contributed by atoms with Crippen LogP contribution in [-0.4, -0.2) is 18.6 Å². The van der Waals surface area contributed by atoms with Gasteiger partial charge in [-0.3, -0.25) is 4.79 Å². The Morgan fingerprint density at radius 2 is 2.06 bits per heavy atom. The van der Waals surface area contributed by atoms with Crippen molar-refractivity contribution in [2.75, 3.05) is 6.61 Å². The average molecular weight is 244 g/mol. The summed E-state index contributed by atoms with van der Waals surface area (Å²) in [7, 11) is 0. The van der Waals surface area contributed by atoms with Crippen LogP contribution in [-0.2, 0) is 29.0 Å². The molecule has 0 atom stereocenters.